The minimum atomic E-state index is -0.500. The van der Waals surface area contributed by atoms with E-state index in [2.05, 4.69) is 192 Å². The first-order chi connectivity index (χ1) is 59.6. The maximum absolute atomic E-state index is 11.7. The van der Waals surface area contributed by atoms with Crippen LogP contribution in [0.1, 0.15) is 292 Å². The Morgan fingerprint density at radius 3 is 0.530 bits per heavy atom. The van der Waals surface area contributed by atoms with Gasteiger partial charge in [0.05, 0.1) is 21.4 Å². The van der Waals surface area contributed by atoms with Crippen LogP contribution in [-0.2, 0) is 115 Å². The molecule has 0 amide bonds. The number of esters is 8. The first kappa shape index (κ1) is 130. The molecule has 21 heteroatoms. The number of nitro groups is 1. The zero-order valence-corrected chi connectivity index (χ0v) is 80.3. The van der Waals surface area contributed by atoms with Crippen LogP contribution in [0.3, 0.4) is 0 Å². The SMILES string of the molecule is C.C.C.C.C.C.C=C(C)C(=O)OC1c2ccccc2CC1(C)C.C=C(C)C(=O)OC1c2ccccc2CC1(C)C.C=C(C)C(=O)OC1c2ccccc2CC1(C)C.C=C(C)C(=O)OC1c2ccccc2CC1(C)C.C=C(C)C(=O)OC1c2ccccc2CC1(C)C.C=C(C)C(=O)OC1c2ccccc2CC1(C)C.CF.COC(C)=O.COC(C)=O.C[N+](=O)[O-].Cc1ccccc1.[C-]#[N+]C. The number of aryl methyl sites for hydroxylation is 1. The Labute approximate surface area is 804 Å². The molecule has 6 unspecified atom stereocenters. The molecule has 13 rings (SSSR count). The number of carbonyl (C=O) groups is 8. The fourth-order valence-corrected chi connectivity index (χ4v) is 14.9. The molecule has 0 fully saturated rings. The quantitative estimate of drug-likeness (QED) is 0.0275. The molecule has 0 spiro atoms. The van der Waals surface area contributed by atoms with Crippen molar-refractivity contribution in [3.8, 4) is 0 Å². The molecule has 6 aliphatic rings. The van der Waals surface area contributed by atoms with E-state index in [1.807, 2.05) is 127 Å². The van der Waals surface area contributed by atoms with Crippen molar-refractivity contribution >= 4 is 47.8 Å². The highest BCUT2D eigenvalue weighted by molar-refractivity contribution is 5.90. The Kier molecular flexibility index (Phi) is 58.2. The van der Waals surface area contributed by atoms with Crippen LogP contribution in [0.25, 0.3) is 4.85 Å². The van der Waals surface area contributed by atoms with Gasteiger partial charge in [-0.05, 0) is 154 Å². The normalized spacial score (nSPS) is 17.1. The number of nitrogens with zero attached hydrogens (tertiary/aromatic N) is 2. The van der Waals surface area contributed by atoms with Gasteiger partial charge in [0.15, 0.2) is 7.05 Å². The van der Waals surface area contributed by atoms with Gasteiger partial charge in [0.2, 0.25) is 7.05 Å². The van der Waals surface area contributed by atoms with E-state index in [0.717, 1.165) is 79.0 Å². The molecule has 7 aromatic rings. The summed E-state index contributed by atoms with van der Waals surface area (Å²) in [6, 6.07) is 59.2. The summed E-state index contributed by atoms with van der Waals surface area (Å²) < 4.78 is 51.2. The van der Waals surface area contributed by atoms with Crippen molar-refractivity contribution in [3.05, 3.63) is 343 Å². The van der Waals surface area contributed by atoms with Crippen LogP contribution in [0.2, 0.25) is 0 Å². The number of ether oxygens (including phenoxy) is 8. The maximum Gasteiger partial charge on any atom is 0.333 e. The molecule has 738 valence electrons. The molecule has 6 atom stereocenters. The number of hydrogen-bond acceptors (Lipinski definition) is 18. The highest BCUT2D eigenvalue weighted by Crippen LogP contribution is 2.53. The van der Waals surface area contributed by atoms with Crippen LogP contribution in [0, 0.1) is 56.1 Å². The third-order valence-electron chi connectivity index (χ3n) is 21.1. The number of hydrogen-bond donors (Lipinski definition) is 0. The summed E-state index contributed by atoms with van der Waals surface area (Å²) in [5.74, 6) is -2.33. The predicted molar refractivity (Wildman–Crippen MR) is 545 cm³/mol. The summed E-state index contributed by atoms with van der Waals surface area (Å²) >= 11 is 0. The fourth-order valence-electron chi connectivity index (χ4n) is 14.9. The molecule has 0 saturated heterocycles. The predicted octanol–water partition coefficient (Wildman–Crippen LogP) is 27.8. The molecule has 0 bridgehead atoms. The van der Waals surface area contributed by atoms with Gasteiger partial charge in [-0.25, -0.2) is 35.3 Å². The van der Waals surface area contributed by atoms with E-state index in [9.17, 15) is 42.7 Å². The molecule has 0 aliphatic heterocycles. The molecule has 0 N–H and O–H groups in total. The Hall–Kier alpha value is -12.4. The van der Waals surface area contributed by atoms with Gasteiger partial charge >= 0.3 is 47.8 Å². The number of rotatable bonds is 12. The fraction of sp³-hybridized carbons (Fsp3) is 0.442. The van der Waals surface area contributed by atoms with Gasteiger partial charge in [-0.15, -0.1) is 0 Å². The average molecular weight is 1850 g/mol. The van der Waals surface area contributed by atoms with Gasteiger partial charge in [-0.3, -0.25) is 24.1 Å². The van der Waals surface area contributed by atoms with Crippen molar-refractivity contribution in [1.82, 2.24) is 0 Å². The van der Waals surface area contributed by atoms with Crippen molar-refractivity contribution in [2.24, 2.45) is 32.5 Å². The lowest BCUT2D eigenvalue weighted by Gasteiger charge is -2.27. The number of benzene rings is 7. The first-order valence-corrected chi connectivity index (χ1v) is 42.1. The van der Waals surface area contributed by atoms with Crippen LogP contribution in [-0.4, -0.2) is 88.2 Å². The van der Waals surface area contributed by atoms with Gasteiger partial charge in [-0.1, -0.05) is 349 Å². The second kappa shape index (κ2) is 59.9. The summed E-state index contributed by atoms with van der Waals surface area (Å²) in [6.45, 7) is 68.0. The van der Waals surface area contributed by atoms with Crippen LogP contribution < -0.4 is 0 Å². The van der Waals surface area contributed by atoms with Crippen molar-refractivity contribution in [2.45, 2.75) is 265 Å². The van der Waals surface area contributed by atoms with E-state index in [0.29, 0.717) is 40.6 Å². The summed E-state index contributed by atoms with van der Waals surface area (Å²) in [5, 5.41) is 8.81. The Bertz CT molecular complexity index is 4360. The molecular formula is C113H161FN2O18. The van der Waals surface area contributed by atoms with E-state index >= 15 is 0 Å². The standard InChI is InChI=1S/6C15H18O2.C7H8.2C3H6O2.C2H3N.CH3F.CH3NO2.6CH4/c6*1-10(2)14(16)17-13-12-8-6-5-7-11(12)9-15(13,3)4;1-7-5-3-2-4-6-7;2*1-3(4)5-2;1-3-2;1-2;1-2(3)4;;;;;;/h6*5-8,13H,1,9H2,2-4H3;2-6H,1H3;2*1-2H3;1H3;1H3;1H3;6*1H4. The Morgan fingerprint density at radius 2 is 0.433 bits per heavy atom. The number of fused-ring (bicyclic) bond motifs is 6. The van der Waals surface area contributed by atoms with Crippen molar-refractivity contribution in [3.63, 3.8) is 0 Å². The smallest absolute Gasteiger partial charge is 0.333 e. The van der Waals surface area contributed by atoms with Gasteiger partial charge < -0.3 is 42.7 Å². The molecule has 20 nitrogen and oxygen atoms in total. The van der Waals surface area contributed by atoms with Gasteiger partial charge in [0, 0.05) is 84.7 Å². The lowest BCUT2D eigenvalue weighted by Crippen LogP contribution is -2.23. The summed E-state index contributed by atoms with van der Waals surface area (Å²) in [4.78, 5) is 100. The number of halogens is 1. The van der Waals surface area contributed by atoms with E-state index < -0.39 is 4.92 Å². The lowest BCUT2D eigenvalue weighted by molar-refractivity contribution is -0.445. The second-order valence-electron chi connectivity index (χ2n) is 36.3. The Balaban J connectivity index is -0.000000467. The van der Waals surface area contributed by atoms with Gasteiger partial charge in [-0.2, -0.15) is 0 Å². The van der Waals surface area contributed by atoms with E-state index in [4.69, 9.17) is 45.1 Å². The van der Waals surface area contributed by atoms with Gasteiger partial charge in [0.25, 0.3) is 0 Å². The highest BCUT2D eigenvalue weighted by Gasteiger charge is 2.47. The van der Waals surface area contributed by atoms with E-state index in [1.165, 1.54) is 74.1 Å². The molecule has 0 radical (unpaired) electrons. The minimum Gasteiger partial charge on any atom is -0.469 e. The number of methoxy groups -OCH3 is 2. The summed E-state index contributed by atoms with van der Waals surface area (Å²) in [7, 11) is 5.50. The molecular weight excluding hydrogens is 1690 g/mol. The summed E-state index contributed by atoms with van der Waals surface area (Å²) in [6.07, 6.45) is 4.67. The monoisotopic (exact) mass is 1850 g/mol. The topological polar surface area (TPSA) is 258 Å². The van der Waals surface area contributed by atoms with Crippen LogP contribution in [0.15, 0.2) is 249 Å². The summed E-state index contributed by atoms with van der Waals surface area (Å²) in [5.41, 5.74) is 18.2. The third kappa shape index (κ3) is 40.6. The van der Waals surface area contributed by atoms with Crippen molar-refractivity contribution in [1.29, 1.82) is 0 Å². The Morgan fingerprint density at radius 1 is 0.321 bits per heavy atom. The van der Waals surface area contributed by atoms with E-state index in [1.54, 1.807) is 41.5 Å². The first-order valence-electron chi connectivity index (χ1n) is 42.1. The van der Waals surface area contributed by atoms with Crippen molar-refractivity contribution < 1.29 is 85.6 Å². The molecule has 7 aromatic carbocycles. The maximum atomic E-state index is 11.7. The molecule has 6 aliphatic carbocycles. The van der Waals surface area contributed by atoms with Crippen LogP contribution in [0.4, 0.5) is 4.39 Å². The molecule has 134 heavy (non-hydrogen) atoms. The average Bonchev–Trinajstić information content (AvgIpc) is 1.67. The largest absolute Gasteiger partial charge is 0.469 e. The number of alkyl halides is 1. The lowest BCUT2D eigenvalue weighted by atomic mass is 9.87. The zero-order valence-electron chi connectivity index (χ0n) is 80.3. The zero-order chi connectivity index (χ0) is 97.7. The highest BCUT2D eigenvalue weighted by atomic mass is 19.1. The second-order valence-corrected chi connectivity index (χ2v) is 36.3. The number of carbonyl (C=O) groups excluding carboxylic acids is 8. The molecule has 0 aromatic heterocycles. The van der Waals surface area contributed by atoms with Gasteiger partial charge in [0.1, 0.15) is 36.6 Å². The molecule has 0 heterocycles. The van der Waals surface area contributed by atoms with Crippen molar-refractivity contribution in [2.75, 3.05) is 35.5 Å². The van der Waals surface area contributed by atoms with E-state index in [-0.39, 0.29) is 161 Å². The van der Waals surface area contributed by atoms with Crippen LogP contribution >= 0.6 is 0 Å². The van der Waals surface area contributed by atoms with Crippen LogP contribution in [0.5, 0.6) is 0 Å². The molecule has 0 saturated carbocycles. The minimum absolute atomic E-state index is 0. The third-order valence-corrected chi connectivity index (χ3v) is 21.1.